The van der Waals surface area contributed by atoms with E-state index in [1.54, 1.807) is 0 Å². The van der Waals surface area contributed by atoms with E-state index in [2.05, 4.69) is 26.8 Å². The molecule has 4 aromatic carbocycles. The van der Waals surface area contributed by atoms with Crippen LogP contribution in [0.3, 0.4) is 0 Å². The Labute approximate surface area is 310 Å². The van der Waals surface area contributed by atoms with Gasteiger partial charge in [-0.2, -0.15) is 0 Å². The second-order valence-corrected chi connectivity index (χ2v) is 15.4. The zero-order valence-electron chi connectivity index (χ0n) is 30.4. The van der Waals surface area contributed by atoms with E-state index in [9.17, 15) is 32.0 Å². The summed E-state index contributed by atoms with van der Waals surface area (Å²) in [5, 5.41) is 0.722. The minimum Gasteiger partial charge on any atom is -0.304 e. The molecule has 9 rings (SSSR count). The number of fused-ring (bicyclic) bond motifs is 8. The molecular weight excluding hydrogens is 712 g/mol. The maximum absolute atomic E-state index is 13.4. The molecule has 0 N–H and O–H groups in total. The molecule has 0 saturated carbocycles. The van der Waals surface area contributed by atoms with Gasteiger partial charge in [0.15, 0.2) is 21.5 Å². The predicted molar refractivity (Wildman–Crippen MR) is 203 cm³/mol. The van der Waals surface area contributed by atoms with Crippen molar-refractivity contribution in [1.29, 1.82) is 0 Å². The van der Waals surface area contributed by atoms with E-state index in [0.29, 0.717) is 22.2 Å². The van der Waals surface area contributed by atoms with E-state index in [1.807, 2.05) is 57.2 Å². The van der Waals surface area contributed by atoms with Crippen LogP contribution in [0.15, 0.2) is 87.3 Å². The molecule has 0 aliphatic carbocycles. The van der Waals surface area contributed by atoms with Gasteiger partial charge in [-0.05, 0) is 74.1 Å². The number of nitrogens with zero attached hydrogens (tertiary/aromatic N) is 6. The lowest BCUT2D eigenvalue weighted by Crippen LogP contribution is -2.43. The van der Waals surface area contributed by atoms with Crippen LogP contribution in [0.25, 0.3) is 33.2 Å². The summed E-state index contributed by atoms with van der Waals surface area (Å²) >= 11 is 0. The Bertz CT molecular complexity index is 2790. The van der Waals surface area contributed by atoms with Crippen LogP contribution in [0.1, 0.15) is 57.3 Å². The number of halogens is 1. The Morgan fingerprint density at radius 2 is 1.22 bits per heavy atom. The highest BCUT2D eigenvalue weighted by Crippen LogP contribution is 2.30. The van der Waals surface area contributed by atoms with Gasteiger partial charge in [-0.3, -0.25) is 33.2 Å². The smallest absolute Gasteiger partial charge is 0.266 e. The van der Waals surface area contributed by atoms with E-state index in [1.165, 1.54) is 28.8 Å². The molecule has 6 aromatic rings. The van der Waals surface area contributed by atoms with Crippen LogP contribution in [0.2, 0.25) is 0 Å². The Hall–Kier alpha value is -5.70. The van der Waals surface area contributed by atoms with E-state index in [4.69, 9.17) is 0 Å². The number of carbonyl (C=O) groups is 2. The molecule has 3 aliphatic rings. The largest absolute Gasteiger partial charge is 0.304 e. The minimum absolute atomic E-state index is 0.0222. The van der Waals surface area contributed by atoms with Gasteiger partial charge >= 0.3 is 0 Å². The van der Waals surface area contributed by atoms with Crippen molar-refractivity contribution in [2.45, 2.75) is 32.2 Å². The fourth-order valence-corrected chi connectivity index (χ4v) is 7.54. The monoisotopic (exact) mass is 748 g/mol. The molecule has 0 spiro atoms. The number of aromatic nitrogens is 4. The van der Waals surface area contributed by atoms with Gasteiger partial charge in [0.1, 0.15) is 5.82 Å². The maximum Gasteiger partial charge on any atom is 0.266 e. The second-order valence-electron chi connectivity index (χ2n) is 13.4. The number of ketones is 2. The molecule has 276 valence electrons. The number of hydrogen-bond donors (Lipinski definition) is 0. The summed E-state index contributed by atoms with van der Waals surface area (Å²) in [4.78, 5) is 64.5. The molecule has 0 bridgehead atoms. The summed E-state index contributed by atoms with van der Waals surface area (Å²) < 4.78 is 39.3. The first kappa shape index (κ1) is 36.6. The third-order valence-corrected chi connectivity index (χ3v) is 10.8. The summed E-state index contributed by atoms with van der Waals surface area (Å²) in [6.07, 6.45) is 1.03. The van der Waals surface area contributed by atoms with Crippen molar-refractivity contribution < 1.29 is 22.4 Å². The number of hydrogen-bond acceptors (Lipinski definition) is 10. The van der Waals surface area contributed by atoms with Crippen LogP contribution in [0.5, 0.6) is 0 Å². The van der Waals surface area contributed by atoms with Crippen LogP contribution in [-0.2, 0) is 16.4 Å². The van der Waals surface area contributed by atoms with Crippen LogP contribution < -0.4 is 11.1 Å². The molecule has 54 heavy (non-hydrogen) atoms. The zero-order chi connectivity index (χ0) is 38.6. The molecule has 2 aromatic heterocycles. The molecule has 0 atom stereocenters. The van der Waals surface area contributed by atoms with E-state index >= 15 is 0 Å². The van der Waals surface area contributed by atoms with Gasteiger partial charge < -0.3 is 4.90 Å². The molecule has 0 amide bonds. The fraction of sp³-hybridized carbons (Fsp3) is 0.250. The Balaban J connectivity index is 0.000000161. The highest BCUT2D eigenvalue weighted by atomic mass is 32.2. The first-order valence-electron chi connectivity index (χ1n) is 17.5. The number of rotatable bonds is 3. The molecule has 3 aliphatic heterocycles. The second kappa shape index (κ2) is 13.9. The Morgan fingerprint density at radius 3 is 1.81 bits per heavy atom. The first-order chi connectivity index (χ1) is 25.8. The Kier molecular flexibility index (Phi) is 9.46. The van der Waals surface area contributed by atoms with Crippen molar-refractivity contribution in [3.05, 3.63) is 133 Å². The lowest BCUT2D eigenvalue weighted by atomic mass is 10.1. The van der Waals surface area contributed by atoms with Gasteiger partial charge in [-0.15, -0.1) is 0 Å². The van der Waals surface area contributed by atoms with Crippen LogP contribution in [0, 0.1) is 12.7 Å². The van der Waals surface area contributed by atoms with E-state index < -0.39 is 27.0 Å². The number of carbonyl (C=O) groups excluding carboxylic acids is 2. The lowest BCUT2D eigenvalue weighted by molar-refractivity contribution is 0.102. The van der Waals surface area contributed by atoms with Crippen LogP contribution in [0.4, 0.5) is 4.39 Å². The van der Waals surface area contributed by atoms with Gasteiger partial charge in [0.25, 0.3) is 11.1 Å². The number of likely N-dealkylation sites (N-methyl/N-ethyl adjacent to an activating group) is 1. The van der Waals surface area contributed by atoms with Crippen molar-refractivity contribution in [2.24, 2.45) is 0 Å². The number of sulfone groups is 1. The quantitative estimate of drug-likeness (QED) is 0.254. The van der Waals surface area contributed by atoms with Gasteiger partial charge in [0.2, 0.25) is 11.6 Å². The van der Waals surface area contributed by atoms with Crippen molar-refractivity contribution in [1.82, 2.24) is 28.9 Å². The molecule has 1 saturated heterocycles. The number of aryl methyl sites for hydroxylation is 1. The summed E-state index contributed by atoms with van der Waals surface area (Å²) in [6.45, 7) is 11.0. The predicted octanol–water partition coefficient (Wildman–Crippen LogP) is 4.48. The highest BCUT2D eigenvalue weighted by Gasteiger charge is 2.32. The maximum atomic E-state index is 13.4. The topological polar surface area (TPSA) is 145 Å². The standard InChI is InChI=1S/C22H22N4O2.C16H9FN2O4S.C2H6/c1-14-3-6-19-17(11-14)20(27)21-23-18-12-15(4-5-16(18)22(28)26(19)21)13-25-9-7-24(2)8-10-25;1-24(22,23)9-3-5-13-11(7-9)14(20)15-18-12-6-8(17)2-4-10(12)16(21)19(13)15;1-2/h3-6,11-12H,7-10,13H2,1-2H3;2-7H,1H3;1-2H3. The third kappa shape index (κ3) is 6.35. The van der Waals surface area contributed by atoms with Crippen molar-refractivity contribution in [3.8, 4) is 11.4 Å². The molecule has 14 heteroatoms. The molecule has 5 heterocycles. The normalized spacial score (nSPS) is 14.9. The molecule has 12 nitrogen and oxygen atoms in total. The number of benzene rings is 4. The van der Waals surface area contributed by atoms with Crippen molar-refractivity contribution >= 4 is 43.2 Å². The average Bonchev–Trinajstić information content (AvgIpc) is 3.59. The fourth-order valence-electron chi connectivity index (χ4n) is 6.89. The summed E-state index contributed by atoms with van der Waals surface area (Å²) in [6, 6.07) is 18.9. The molecule has 1 fully saturated rings. The van der Waals surface area contributed by atoms with E-state index in [0.717, 1.165) is 66.8 Å². The molecule has 0 unspecified atom stereocenters. The lowest BCUT2D eigenvalue weighted by Gasteiger charge is -2.32. The highest BCUT2D eigenvalue weighted by molar-refractivity contribution is 7.90. The average molecular weight is 749 g/mol. The van der Waals surface area contributed by atoms with Gasteiger partial charge in [0, 0.05) is 45.0 Å². The van der Waals surface area contributed by atoms with E-state index in [-0.39, 0.29) is 50.0 Å². The number of piperazine rings is 1. The minimum atomic E-state index is -3.50. The van der Waals surface area contributed by atoms with Gasteiger partial charge in [-0.25, -0.2) is 22.8 Å². The first-order valence-corrected chi connectivity index (χ1v) is 19.4. The molecular formula is C40H37FN6O6S. The van der Waals surface area contributed by atoms with Gasteiger partial charge in [0.05, 0.1) is 49.2 Å². The molecule has 0 radical (unpaired) electrons. The van der Waals surface area contributed by atoms with Crippen molar-refractivity contribution in [3.63, 3.8) is 0 Å². The summed E-state index contributed by atoms with van der Waals surface area (Å²) in [5.41, 5.74) is 3.64. The zero-order valence-corrected chi connectivity index (χ0v) is 31.2. The summed E-state index contributed by atoms with van der Waals surface area (Å²) in [7, 11) is -1.36. The van der Waals surface area contributed by atoms with Crippen LogP contribution in [-0.4, -0.2) is 88.4 Å². The van der Waals surface area contributed by atoms with Crippen LogP contribution >= 0.6 is 0 Å². The third-order valence-electron chi connectivity index (χ3n) is 9.69. The summed E-state index contributed by atoms with van der Waals surface area (Å²) in [5.74, 6) is -1.25. The Morgan fingerprint density at radius 1 is 0.685 bits per heavy atom. The van der Waals surface area contributed by atoms with Crippen molar-refractivity contribution in [2.75, 3.05) is 39.5 Å². The van der Waals surface area contributed by atoms with Gasteiger partial charge in [-0.1, -0.05) is 31.5 Å². The SMILES string of the molecule is CC.CS(=O)(=O)c1ccc2c(c1)C(=O)c1nc3cc(F)ccc3c(=O)n1-2.Cc1ccc2c(c1)C(=O)c1nc3cc(CN4CCN(C)CC4)ccc3c(=O)n1-2.